The van der Waals surface area contributed by atoms with Crippen molar-refractivity contribution in [3.8, 4) is 0 Å². The second kappa shape index (κ2) is 6.04. The maximum Gasteiger partial charge on any atom is 0.142 e. The summed E-state index contributed by atoms with van der Waals surface area (Å²) in [5.41, 5.74) is 2.60. The highest BCUT2D eigenvalue weighted by molar-refractivity contribution is 6.30. The number of aliphatic hydroxyl groups is 1. The van der Waals surface area contributed by atoms with Crippen LogP contribution in [0.1, 0.15) is 24.1 Å². The van der Waals surface area contributed by atoms with Gasteiger partial charge in [0.05, 0.1) is 11.6 Å². The fraction of sp³-hybridized carbons (Fsp3) is 0.200. The lowest BCUT2D eigenvalue weighted by molar-refractivity contribution is 0.282. The molecule has 2 aromatic rings. The summed E-state index contributed by atoms with van der Waals surface area (Å²) in [6, 6.07) is 12.2. The maximum atomic E-state index is 13.4. The summed E-state index contributed by atoms with van der Waals surface area (Å²) < 4.78 is 13.4. The van der Waals surface area contributed by atoms with Crippen LogP contribution in [0, 0.1) is 5.82 Å². The van der Waals surface area contributed by atoms with E-state index in [0.29, 0.717) is 0 Å². The summed E-state index contributed by atoms with van der Waals surface area (Å²) in [5, 5.41) is 12.4. The van der Waals surface area contributed by atoms with Crippen molar-refractivity contribution >= 4 is 17.3 Å². The molecule has 1 unspecified atom stereocenters. The number of hydrogen-bond acceptors (Lipinski definition) is 2. The highest BCUT2D eigenvalue weighted by atomic mass is 35.5. The van der Waals surface area contributed by atoms with E-state index >= 15 is 0 Å². The number of aliphatic hydroxyl groups excluding tert-OH is 1. The van der Waals surface area contributed by atoms with Crippen LogP contribution in [0.5, 0.6) is 0 Å². The van der Waals surface area contributed by atoms with Gasteiger partial charge in [0.2, 0.25) is 0 Å². The molecule has 0 bridgehead atoms. The Balaban J connectivity index is 2.10. The number of nitrogens with one attached hydrogen (secondary N) is 1. The Hall–Kier alpha value is -1.58. The molecule has 100 valence electrons. The molecule has 0 heterocycles. The van der Waals surface area contributed by atoms with Gasteiger partial charge in [0, 0.05) is 11.7 Å². The number of anilines is 1. The molecule has 2 nitrogen and oxygen atoms in total. The highest BCUT2D eigenvalue weighted by Gasteiger charge is 2.08. The lowest BCUT2D eigenvalue weighted by atomic mass is 10.1. The zero-order valence-corrected chi connectivity index (χ0v) is 11.3. The maximum absolute atomic E-state index is 13.4. The van der Waals surface area contributed by atoms with Gasteiger partial charge in [-0.15, -0.1) is 0 Å². The summed E-state index contributed by atoms with van der Waals surface area (Å²) >= 11 is 5.66. The minimum atomic E-state index is -0.413. The fourth-order valence-corrected chi connectivity index (χ4v) is 1.94. The van der Waals surface area contributed by atoms with Crippen molar-refractivity contribution in [3.05, 3.63) is 64.4 Å². The molecule has 1 atom stereocenters. The third kappa shape index (κ3) is 3.46. The Morgan fingerprint density at radius 2 is 1.89 bits per heavy atom. The van der Waals surface area contributed by atoms with Gasteiger partial charge in [0.15, 0.2) is 0 Å². The Morgan fingerprint density at radius 1 is 1.21 bits per heavy atom. The first-order chi connectivity index (χ1) is 9.10. The molecule has 4 heteroatoms. The number of halogens is 2. The van der Waals surface area contributed by atoms with Gasteiger partial charge >= 0.3 is 0 Å². The van der Waals surface area contributed by atoms with Crippen molar-refractivity contribution in [2.24, 2.45) is 0 Å². The molecular weight excluding hydrogens is 265 g/mol. The van der Waals surface area contributed by atoms with E-state index in [9.17, 15) is 4.39 Å². The highest BCUT2D eigenvalue weighted by Crippen LogP contribution is 2.23. The minimum absolute atomic E-state index is 0.0260. The third-order valence-corrected chi connectivity index (χ3v) is 3.27. The van der Waals surface area contributed by atoms with Crippen LogP contribution in [-0.4, -0.2) is 5.11 Å². The molecule has 0 saturated heterocycles. The minimum Gasteiger partial charge on any atom is -0.392 e. The van der Waals surface area contributed by atoms with E-state index in [1.54, 1.807) is 12.1 Å². The van der Waals surface area contributed by atoms with Gasteiger partial charge < -0.3 is 10.4 Å². The van der Waals surface area contributed by atoms with Gasteiger partial charge in [-0.2, -0.15) is 0 Å². The van der Waals surface area contributed by atoms with Gasteiger partial charge in [0.1, 0.15) is 5.82 Å². The summed E-state index contributed by atoms with van der Waals surface area (Å²) in [5.74, 6) is -0.413. The van der Waals surface area contributed by atoms with Gasteiger partial charge in [-0.1, -0.05) is 29.8 Å². The summed E-state index contributed by atoms with van der Waals surface area (Å²) in [6.45, 7) is 1.97. The molecule has 2 aromatic carbocycles. The van der Waals surface area contributed by atoms with Crippen LogP contribution in [0.4, 0.5) is 10.1 Å². The molecule has 0 saturated carbocycles. The molecule has 0 aliphatic heterocycles. The van der Waals surface area contributed by atoms with Gasteiger partial charge in [-0.05, 0) is 42.3 Å². The summed E-state index contributed by atoms with van der Waals surface area (Å²) in [4.78, 5) is 0. The van der Waals surface area contributed by atoms with Crippen LogP contribution in [0.2, 0.25) is 5.02 Å². The predicted octanol–water partition coefficient (Wildman–Crippen LogP) is 4.14. The Kier molecular flexibility index (Phi) is 4.40. The van der Waals surface area contributed by atoms with Crippen LogP contribution < -0.4 is 5.32 Å². The van der Waals surface area contributed by atoms with Gasteiger partial charge in [0.25, 0.3) is 0 Å². The molecular formula is C15H15ClFNO. The van der Waals surface area contributed by atoms with Crippen molar-refractivity contribution in [2.45, 2.75) is 19.6 Å². The zero-order valence-electron chi connectivity index (χ0n) is 10.5. The smallest absolute Gasteiger partial charge is 0.142 e. The molecule has 19 heavy (non-hydrogen) atoms. The molecule has 0 amide bonds. The topological polar surface area (TPSA) is 32.3 Å². The molecule has 0 radical (unpaired) electrons. The van der Waals surface area contributed by atoms with Crippen LogP contribution in [-0.2, 0) is 6.61 Å². The lowest BCUT2D eigenvalue weighted by Crippen LogP contribution is -2.07. The van der Waals surface area contributed by atoms with Crippen molar-refractivity contribution < 1.29 is 9.50 Å². The molecule has 0 aromatic heterocycles. The lowest BCUT2D eigenvalue weighted by Gasteiger charge is -2.16. The van der Waals surface area contributed by atoms with E-state index in [4.69, 9.17) is 16.7 Å². The molecule has 0 fully saturated rings. The molecule has 0 aliphatic carbocycles. The largest absolute Gasteiger partial charge is 0.392 e. The van der Waals surface area contributed by atoms with Crippen molar-refractivity contribution in [2.75, 3.05) is 5.32 Å². The van der Waals surface area contributed by atoms with Gasteiger partial charge in [-0.25, -0.2) is 4.39 Å². The first-order valence-corrected chi connectivity index (χ1v) is 6.39. The summed E-state index contributed by atoms with van der Waals surface area (Å²) in [7, 11) is 0. The number of rotatable bonds is 4. The van der Waals surface area contributed by atoms with Crippen LogP contribution in [0.3, 0.4) is 0 Å². The summed E-state index contributed by atoms with van der Waals surface area (Å²) in [6.07, 6.45) is 0. The fourth-order valence-electron chi connectivity index (χ4n) is 1.82. The standard InChI is InChI=1S/C15H15ClFNO/c1-10(12-4-7-14(16)15(17)8-12)18-13-5-2-11(9-19)3-6-13/h2-8,10,18-19H,9H2,1H3. The number of benzene rings is 2. The second-order valence-electron chi connectivity index (χ2n) is 4.39. The van der Waals surface area contributed by atoms with E-state index in [-0.39, 0.29) is 17.7 Å². The quantitative estimate of drug-likeness (QED) is 0.881. The normalized spacial score (nSPS) is 12.2. The van der Waals surface area contributed by atoms with Crippen molar-refractivity contribution in [1.29, 1.82) is 0 Å². The first kappa shape index (κ1) is 13.8. The van der Waals surface area contributed by atoms with Crippen molar-refractivity contribution in [3.63, 3.8) is 0 Å². The predicted molar refractivity (Wildman–Crippen MR) is 75.8 cm³/mol. The second-order valence-corrected chi connectivity index (χ2v) is 4.80. The van der Waals surface area contributed by atoms with E-state index in [1.807, 2.05) is 31.2 Å². The molecule has 2 N–H and O–H groups in total. The Labute approximate surface area is 116 Å². The van der Waals surface area contributed by atoms with E-state index in [1.165, 1.54) is 6.07 Å². The van der Waals surface area contributed by atoms with E-state index in [2.05, 4.69) is 5.32 Å². The third-order valence-electron chi connectivity index (χ3n) is 2.96. The molecule has 0 spiro atoms. The Bertz CT molecular complexity index is 557. The monoisotopic (exact) mass is 279 g/mol. The van der Waals surface area contributed by atoms with E-state index in [0.717, 1.165) is 16.8 Å². The average Bonchev–Trinajstić information content (AvgIpc) is 2.42. The Morgan fingerprint density at radius 3 is 2.47 bits per heavy atom. The zero-order chi connectivity index (χ0) is 13.8. The van der Waals surface area contributed by atoms with Crippen LogP contribution in [0.15, 0.2) is 42.5 Å². The van der Waals surface area contributed by atoms with E-state index < -0.39 is 5.82 Å². The van der Waals surface area contributed by atoms with Crippen LogP contribution in [0.25, 0.3) is 0 Å². The van der Waals surface area contributed by atoms with Crippen molar-refractivity contribution in [1.82, 2.24) is 0 Å². The van der Waals surface area contributed by atoms with Crippen LogP contribution >= 0.6 is 11.6 Å². The van der Waals surface area contributed by atoms with Gasteiger partial charge in [-0.3, -0.25) is 0 Å². The SMILES string of the molecule is CC(Nc1ccc(CO)cc1)c1ccc(Cl)c(F)c1. The first-order valence-electron chi connectivity index (χ1n) is 6.01. The number of hydrogen-bond donors (Lipinski definition) is 2. The molecule has 0 aliphatic rings. The molecule has 2 rings (SSSR count). The average molecular weight is 280 g/mol.